The molecule has 2 saturated heterocycles. The third kappa shape index (κ3) is 5.65. The van der Waals surface area contributed by atoms with Crippen LogP contribution in [0.4, 0.5) is 4.79 Å². The minimum Gasteiger partial charge on any atom is -0.379 e. The molecule has 2 aliphatic heterocycles. The molecule has 0 aromatic heterocycles. The van der Waals surface area contributed by atoms with E-state index in [0.29, 0.717) is 38.4 Å². The van der Waals surface area contributed by atoms with Crippen LogP contribution in [0.3, 0.4) is 0 Å². The van der Waals surface area contributed by atoms with E-state index in [9.17, 15) is 13.2 Å². The fraction of sp³-hybridized carbons (Fsp3) is 0.611. The van der Waals surface area contributed by atoms with Gasteiger partial charge in [0.15, 0.2) is 0 Å². The zero-order valence-electron chi connectivity index (χ0n) is 15.9. The van der Waals surface area contributed by atoms with Gasteiger partial charge in [0.1, 0.15) is 0 Å². The molecule has 2 fully saturated rings. The molecule has 0 aliphatic carbocycles. The molecule has 0 bridgehead atoms. The maximum absolute atomic E-state index is 12.9. The van der Waals surface area contributed by atoms with Gasteiger partial charge in [-0.15, -0.1) is 0 Å². The zero-order chi connectivity index (χ0) is 19.8. The number of amides is 2. The summed E-state index contributed by atoms with van der Waals surface area (Å²) in [6.07, 6.45) is 0. The van der Waals surface area contributed by atoms with Crippen LogP contribution in [-0.4, -0.2) is 89.4 Å². The van der Waals surface area contributed by atoms with Gasteiger partial charge in [0.05, 0.1) is 31.3 Å². The Morgan fingerprint density at radius 2 is 1.61 bits per heavy atom. The summed E-state index contributed by atoms with van der Waals surface area (Å²) in [7, 11) is -3.61. The second-order valence-corrected chi connectivity index (χ2v) is 8.59. The van der Waals surface area contributed by atoms with Crippen molar-refractivity contribution in [3.05, 3.63) is 29.8 Å². The summed E-state index contributed by atoms with van der Waals surface area (Å²) in [5.74, 6) is 0. The summed E-state index contributed by atoms with van der Waals surface area (Å²) in [6, 6.07) is 6.46. The van der Waals surface area contributed by atoms with Crippen LogP contribution in [0.2, 0.25) is 0 Å². The van der Waals surface area contributed by atoms with Crippen molar-refractivity contribution in [2.24, 2.45) is 0 Å². The molecule has 1 aromatic rings. The van der Waals surface area contributed by atoms with E-state index >= 15 is 0 Å². The van der Waals surface area contributed by atoms with Crippen molar-refractivity contribution in [1.29, 1.82) is 0 Å². The van der Waals surface area contributed by atoms with Gasteiger partial charge in [-0.1, -0.05) is 18.2 Å². The quantitative estimate of drug-likeness (QED) is 0.646. The van der Waals surface area contributed by atoms with E-state index in [-0.39, 0.29) is 17.5 Å². The molecule has 2 amide bonds. The number of benzene rings is 1. The van der Waals surface area contributed by atoms with Crippen LogP contribution in [0, 0.1) is 0 Å². The van der Waals surface area contributed by atoms with Crippen molar-refractivity contribution in [1.82, 2.24) is 19.8 Å². The lowest BCUT2D eigenvalue weighted by Gasteiger charge is -2.27. The SMILES string of the molecule is O=C(NCCN1CCOCC1)NCc1ccccc1S(=O)(=O)N1CCOCC1. The normalized spacial score (nSPS) is 19.3. The Kier molecular flexibility index (Phi) is 7.63. The van der Waals surface area contributed by atoms with Crippen LogP contribution in [0.15, 0.2) is 29.2 Å². The highest BCUT2D eigenvalue weighted by Gasteiger charge is 2.28. The van der Waals surface area contributed by atoms with Gasteiger partial charge in [-0.05, 0) is 11.6 Å². The Hall–Kier alpha value is -1.72. The molecular formula is C18H28N4O5S. The predicted octanol–water partition coefficient (Wildman–Crippen LogP) is -0.161. The number of morpholine rings is 2. The van der Waals surface area contributed by atoms with E-state index in [0.717, 1.165) is 32.8 Å². The first-order valence-electron chi connectivity index (χ1n) is 9.55. The molecule has 0 spiro atoms. The Morgan fingerprint density at radius 1 is 0.964 bits per heavy atom. The number of hydrogen-bond acceptors (Lipinski definition) is 6. The molecule has 0 radical (unpaired) electrons. The van der Waals surface area contributed by atoms with Gasteiger partial charge in [-0.3, -0.25) is 4.90 Å². The highest BCUT2D eigenvalue weighted by Crippen LogP contribution is 2.21. The maximum Gasteiger partial charge on any atom is 0.315 e. The van der Waals surface area contributed by atoms with E-state index in [2.05, 4.69) is 15.5 Å². The first-order valence-corrected chi connectivity index (χ1v) is 11.0. The number of carbonyl (C=O) groups excluding carboxylic acids is 1. The Bertz CT molecular complexity index is 746. The van der Waals surface area contributed by atoms with Crippen LogP contribution in [-0.2, 0) is 26.0 Å². The number of rotatable bonds is 7. The lowest BCUT2D eigenvalue weighted by Crippen LogP contribution is -2.43. The van der Waals surface area contributed by atoms with Crippen molar-refractivity contribution in [3.8, 4) is 0 Å². The van der Waals surface area contributed by atoms with Crippen LogP contribution >= 0.6 is 0 Å². The van der Waals surface area contributed by atoms with Crippen molar-refractivity contribution < 1.29 is 22.7 Å². The maximum atomic E-state index is 12.9. The van der Waals surface area contributed by atoms with E-state index < -0.39 is 10.0 Å². The summed E-state index contributed by atoms with van der Waals surface area (Å²) < 4.78 is 37.8. The van der Waals surface area contributed by atoms with Gasteiger partial charge >= 0.3 is 6.03 Å². The third-order valence-corrected chi connectivity index (χ3v) is 6.82. The average Bonchev–Trinajstić information content (AvgIpc) is 2.74. The fourth-order valence-electron chi connectivity index (χ4n) is 3.22. The van der Waals surface area contributed by atoms with Crippen molar-refractivity contribution in [3.63, 3.8) is 0 Å². The Balaban J connectivity index is 1.52. The highest BCUT2D eigenvalue weighted by atomic mass is 32.2. The van der Waals surface area contributed by atoms with Crippen molar-refractivity contribution in [2.75, 3.05) is 65.7 Å². The molecule has 2 N–H and O–H groups in total. The number of nitrogens with one attached hydrogen (secondary N) is 2. The topological polar surface area (TPSA) is 100 Å². The van der Waals surface area contributed by atoms with E-state index in [4.69, 9.17) is 9.47 Å². The second kappa shape index (κ2) is 10.2. The monoisotopic (exact) mass is 412 g/mol. The number of ether oxygens (including phenoxy) is 2. The van der Waals surface area contributed by atoms with Gasteiger partial charge in [-0.25, -0.2) is 13.2 Å². The Labute approximate surface area is 166 Å². The number of carbonyl (C=O) groups is 1. The van der Waals surface area contributed by atoms with Crippen molar-refractivity contribution in [2.45, 2.75) is 11.4 Å². The van der Waals surface area contributed by atoms with Crippen LogP contribution < -0.4 is 10.6 Å². The summed E-state index contributed by atoms with van der Waals surface area (Å²) in [5, 5.41) is 5.56. The van der Waals surface area contributed by atoms with Gasteiger partial charge in [0.2, 0.25) is 10.0 Å². The van der Waals surface area contributed by atoms with Crippen LogP contribution in [0.25, 0.3) is 0 Å². The summed E-state index contributed by atoms with van der Waals surface area (Å²) in [6.45, 7) is 6.09. The van der Waals surface area contributed by atoms with Crippen LogP contribution in [0.5, 0.6) is 0 Å². The third-order valence-electron chi connectivity index (χ3n) is 4.82. The van der Waals surface area contributed by atoms with Gasteiger partial charge in [0.25, 0.3) is 0 Å². The summed E-state index contributed by atoms with van der Waals surface area (Å²) in [5.41, 5.74) is 0.567. The van der Waals surface area contributed by atoms with E-state index in [1.54, 1.807) is 24.3 Å². The first kappa shape index (κ1) is 21.0. The second-order valence-electron chi connectivity index (χ2n) is 6.69. The molecule has 28 heavy (non-hydrogen) atoms. The average molecular weight is 413 g/mol. The molecule has 156 valence electrons. The first-order chi connectivity index (χ1) is 13.6. The lowest BCUT2D eigenvalue weighted by atomic mass is 10.2. The number of nitrogens with zero attached hydrogens (tertiary/aromatic N) is 2. The molecule has 10 heteroatoms. The molecular weight excluding hydrogens is 384 g/mol. The van der Waals surface area contributed by atoms with E-state index in [1.807, 2.05) is 0 Å². The largest absolute Gasteiger partial charge is 0.379 e. The molecule has 0 atom stereocenters. The van der Waals surface area contributed by atoms with Gasteiger partial charge in [-0.2, -0.15) is 4.31 Å². The van der Waals surface area contributed by atoms with Gasteiger partial charge in [0, 0.05) is 45.8 Å². The number of urea groups is 1. The zero-order valence-corrected chi connectivity index (χ0v) is 16.7. The lowest BCUT2D eigenvalue weighted by molar-refractivity contribution is 0.0387. The number of hydrogen-bond donors (Lipinski definition) is 2. The molecule has 2 aliphatic rings. The van der Waals surface area contributed by atoms with Crippen LogP contribution in [0.1, 0.15) is 5.56 Å². The standard InChI is InChI=1S/C18H28N4O5S/c23-18(19-5-6-21-7-11-26-12-8-21)20-15-16-3-1-2-4-17(16)28(24,25)22-9-13-27-14-10-22/h1-4H,5-15H2,(H2,19,20,23). The molecule has 3 rings (SSSR count). The predicted molar refractivity (Wildman–Crippen MR) is 104 cm³/mol. The minimum absolute atomic E-state index is 0.142. The molecule has 1 aromatic carbocycles. The Morgan fingerprint density at radius 3 is 2.32 bits per heavy atom. The molecule has 2 heterocycles. The summed E-state index contributed by atoms with van der Waals surface area (Å²) in [4.78, 5) is 14.5. The smallest absolute Gasteiger partial charge is 0.315 e. The van der Waals surface area contributed by atoms with Crippen molar-refractivity contribution >= 4 is 16.1 Å². The minimum atomic E-state index is -3.61. The molecule has 0 saturated carbocycles. The van der Waals surface area contributed by atoms with Gasteiger partial charge < -0.3 is 20.1 Å². The number of sulfonamides is 1. The fourth-order valence-corrected chi connectivity index (χ4v) is 4.85. The molecule has 9 nitrogen and oxygen atoms in total. The highest BCUT2D eigenvalue weighted by molar-refractivity contribution is 7.89. The molecule has 0 unspecified atom stereocenters. The summed E-state index contributed by atoms with van der Waals surface area (Å²) >= 11 is 0. The van der Waals surface area contributed by atoms with E-state index in [1.165, 1.54) is 4.31 Å².